The number of hydrogen-bond donors (Lipinski definition) is 1. The fourth-order valence-electron chi connectivity index (χ4n) is 1.40. The van der Waals surface area contributed by atoms with E-state index in [1.54, 1.807) is 0 Å². The Hall–Kier alpha value is -0.0400. The highest BCUT2D eigenvalue weighted by atomic mass is 16.3. The maximum atomic E-state index is 9.08. The summed E-state index contributed by atoms with van der Waals surface area (Å²) >= 11 is 0. The average molecular weight is 114 g/mol. The summed E-state index contributed by atoms with van der Waals surface area (Å²) in [5.41, 5.74) is 0. The fraction of sp³-hybridized carbons (Fsp3) is 1.00. The van der Waals surface area contributed by atoms with Crippen LogP contribution in [-0.4, -0.2) is 11.2 Å². The lowest BCUT2D eigenvalue weighted by atomic mass is 9.89. The number of aliphatic hydroxyl groups is 1. The van der Waals surface area contributed by atoms with Gasteiger partial charge in [0.1, 0.15) is 0 Å². The second kappa shape index (κ2) is 2.49. The van der Waals surface area contributed by atoms with Gasteiger partial charge in [-0.3, -0.25) is 0 Å². The van der Waals surface area contributed by atoms with Gasteiger partial charge >= 0.3 is 0 Å². The third kappa shape index (κ3) is 1.48. The second-order valence-electron chi connectivity index (χ2n) is 2.93. The van der Waals surface area contributed by atoms with E-state index in [9.17, 15) is 0 Å². The van der Waals surface area contributed by atoms with E-state index in [1.165, 1.54) is 12.8 Å². The Balaban J connectivity index is 2.23. The molecule has 1 saturated carbocycles. The smallest absolute Gasteiger partial charge is 0.0542 e. The second-order valence-corrected chi connectivity index (χ2v) is 2.93. The molecule has 0 unspecified atom stereocenters. The zero-order valence-corrected chi connectivity index (χ0v) is 5.43. The highest BCUT2D eigenvalue weighted by Gasteiger charge is 2.15. The van der Waals surface area contributed by atoms with Crippen LogP contribution in [0.5, 0.6) is 0 Å². The van der Waals surface area contributed by atoms with Crippen LogP contribution in [0.1, 0.15) is 32.6 Å². The molecule has 1 heteroatoms. The predicted octanol–water partition coefficient (Wildman–Crippen LogP) is 1.56. The molecule has 0 aromatic carbocycles. The molecule has 8 heavy (non-hydrogen) atoms. The Bertz CT molecular complexity index is 62.8. The van der Waals surface area contributed by atoms with Crippen molar-refractivity contribution in [1.29, 1.82) is 0 Å². The van der Waals surface area contributed by atoms with Crippen molar-refractivity contribution in [2.45, 2.75) is 38.7 Å². The fourth-order valence-corrected chi connectivity index (χ4v) is 1.40. The summed E-state index contributed by atoms with van der Waals surface area (Å²) in [5.74, 6) is 0.763. The number of hydrogen-bond acceptors (Lipinski definition) is 1. The van der Waals surface area contributed by atoms with Gasteiger partial charge < -0.3 is 5.11 Å². The van der Waals surface area contributed by atoms with Gasteiger partial charge in [-0.1, -0.05) is 19.8 Å². The SMILES string of the molecule is C[C@H]1CCC[C@H](O)C1. The molecular weight excluding hydrogens is 100 g/mol. The first-order valence-corrected chi connectivity index (χ1v) is 3.47. The van der Waals surface area contributed by atoms with Crippen LogP contribution in [0.15, 0.2) is 0 Å². The molecule has 0 bridgehead atoms. The molecule has 48 valence electrons. The molecule has 0 amide bonds. The van der Waals surface area contributed by atoms with E-state index >= 15 is 0 Å². The molecule has 0 heterocycles. The van der Waals surface area contributed by atoms with Gasteiger partial charge in [0.25, 0.3) is 0 Å². The van der Waals surface area contributed by atoms with Crippen LogP contribution in [0.3, 0.4) is 0 Å². The van der Waals surface area contributed by atoms with Gasteiger partial charge in [0.05, 0.1) is 6.10 Å². The third-order valence-electron chi connectivity index (χ3n) is 1.91. The summed E-state index contributed by atoms with van der Waals surface area (Å²) in [5, 5.41) is 9.08. The summed E-state index contributed by atoms with van der Waals surface area (Å²) in [7, 11) is 0. The molecule has 1 fully saturated rings. The first-order chi connectivity index (χ1) is 3.79. The molecule has 1 N–H and O–H groups in total. The summed E-state index contributed by atoms with van der Waals surface area (Å²) in [6.45, 7) is 2.21. The summed E-state index contributed by atoms with van der Waals surface area (Å²) in [6, 6.07) is 0. The lowest BCUT2D eigenvalue weighted by Crippen LogP contribution is -2.16. The normalized spacial score (nSPS) is 39.8. The monoisotopic (exact) mass is 114 g/mol. The summed E-state index contributed by atoms with van der Waals surface area (Å²) in [6.07, 6.45) is 4.61. The Labute approximate surface area is 50.7 Å². The summed E-state index contributed by atoms with van der Waals surface area (Å²) < 4.78 is 0. The minimum atomic E-state index is 0.0127. The van der Waals surface area contributed by atoms with Crippen molar-refractivity contribution >= 4 is 0 Å². The maximum absolute atomic E-state index is 9.08. The maximum Gasteiger partial charge on any atom is 0.0542 e. The van der Waals surface area contributed by atoms with E-state index in [2.05, 4.69) is 6.92 Å². The third-order valence-corrected chi connectivity index (χ3v) is 1.91. The highest BCUT2D eigenvalue weighted by Crippen LogP contribution is 2.22. The lowest BCUT2D eigenvalue weighted by Gasteiger charge is -2.21. The van der Waals surface area contributed by atoms with E-state index in [-0.39, 0.29) is 6.10 Å². The van der Waals surface area contributed by atoms with Crippen LogP contribution >= 0.6 is 0 Å². The lowest BCUT2D eigenvalue weighted by molar-refractivity contribution is 0.106. The van der Waals surface area contributed by atoms with Crippen LogP contribution in [0.25, 0.3) is 0 Å². The van der Waals surface area contributed by atoms with Crippen molar-refractivity contribution in [3.05, 3.63) is 0 Å². The quantitative estimate of drug-likeness (QED) is 0.506. The van der Waals surface area contributed by atoms with Gasteiger partial charge in [-0.25, -0.2) is 0 Å². The first kappa shape index (κ1) is 6.09. The molecule has 0 radical (unpaired) electrons. The van der Waals surface area contributed by atoms with Gasteiger partial charge in [-0.15, -0.1) is 0 Å². The molecule has 1 aliphatic carbocycles. The number of aliphatic hydroxyl groups excluding tert-OH is 1. The van der Waals surface area contributed by atoms with Crippen molar-refractivity contribution in [2.24, 2.45) is 5.92 Å². The standard InChI is InChI=1S/C7H14O/c1-6-3-2-4-7(8)5-6/h6-8H,2-5H2,1H3/t6-,7-/m0/s1. The Morgan fingerprint density at radius 2 is 2.12 bits per heavy atom. The average Bonchev–Trinajstić information content (AvgIpc) is 1.64. The van der Waals surface area contributed by atoms with Gasteiger partial charge in [0.15, 0.2) is 0 Å². The van der Waals surface area contributed by atoms with Crippen LogP contribution in [0.2, 0.25) is 0 Å². The van der Waals surface area contributed by atoms with Gasteiger partial charge in [0.2, 0.25) is 0 Å². The molecule has 2 atom stereocenters. The molecule has 1 nitrogen and oxygen atoms in total. The van der Waals surface area contributed by atoms with E-state index in [0.717, 1.165) is 18.8 Å². The van der Waals surface area contributed by atoms with Gasteiger partial charge in [0, 0.05) is 0 Å². The predicted molar refractivity (Wildman–Crippen MR) is 33.6 cm³/mol. The molecule has 0 aliphatic heterocycles. The Morgan fingerprint density at radius 1 is 1.38 bits per heavy atom. The van der Waals surface area contributed by atoms with Crippen molar-refractivity contribution in [3.63, 3.8) is 0 Å². The summed E-state index contributed by atoms with van der Waals surface area (Å²) in [4.78, 5) is 0. The molecule has 0 saturated heterocycles. The van der Waals surface area contributed by atoms with Crippen molar-refractivity contribution in [3.8, 4) is 0 Å². The van der Waals surface area contributed by atoms with E-state index in [4.69, 9.17) is 5.11 Å². The van der Waals surface area contributed by atoms with Crippen molar-refractivity contribution < 1.29 is 5.11 Å². The molecule has 0 aromatic heterocycles. The highest BCUT2D eigenvalue weighted by molar-refractivity contribution is 4.67. The largest absolute Gasteiger partial charge is 0.393 e. The Morgan fingerprint density at radius 3 is 2.50 bits per heavy atom. The van der Waals surface area contributed by atoms with E-state index in [1.807, 2.05) is 0 Å². The van der Waals surface area contributed by atoms with E-state index in [0.29, 0.717) is 0 Å². The molecule has 1 aliphatic rings. The molecule has 0 spiro atoms. The Kier molecular flexibility index (Phi) is 1.90. The van der Waals surface area contributed by atoms with Crippen LogP contribution in [0, 0.1) is 5.92 Å². The van der Waals surface area contributed by atoms with Crippen LogP contribution in [0.4, 0.5) is 0 Å². The van der Waals surface area contributed by atoms with Crippen LogP contribution < -0.4 is 0 Å². The molecule has 1 rings (SSSR count). The zero-order valence-electron chi connectivity index (χ0n) is 5.43. The van der Waals surface area contributed by atoms with Crippen molar-refractivity contribution in [2.75, 3.05) is 0 Å². The minimum absolute atomic E-state index is 0.0127. The van der Waals surface area contributed by atoms with Crippen LogP contribution in [-0.2, 0) is 0 Å². The first-order valence-electron chi connectivity index (χ1n) is 3.47. The van der Waals surface area contributed by atoms with Crippen molar-refractivity contribution in [1.82, 2.24) is 0 Å². The zero-order chi connectivity index (χ0) is 5.98. The minimum Gasteiger partial charge on any atom is -0.393 e. The number of rotatable bonds is 0. The van der Waals surface area contributed by atoms with Gasteiger partial charge in [-0.05, 0) is 18.8 Å². The molecular formula is C7H14O. The topological polar surface area (TPSA) is 20.2 Å². The van der Waals surface area contributed by atoms with E-state index < -0.39 is 0 Å². The molecule has 0 aromatic rings. The van der Waals surface area contributed by atoms with Gasteiger partial charge in [-0.2, -0.15) is 0 Å².